The Morgan fingerprint density at radius 2 is 1.94 bits per heavy atom. The predicted molar refractivity (Wildman–Crippen MR) is 57.3 cm³/mol. The number of rotatable bonds is 5. The summed E-state index contributed by atoms with van der Waals surface area (Å²) in [5.41, 5.74) is 0.906. The van der Waals surface area contributed by atoms with E-state index in [0.717, 1.165) is 5.56 Å². The van der Waals surface area contributed by atoms with Gasteiger partial charge in [0.25, 0.3) is 0 Å². The number of hydrogen-bond donors (Lipinski definition) is 1. The summed E-state index contributed by atoms with van der Waals surface area (Å²) >= 11 is 0. The van der Waals surface area contributed by atoms with Crippen molar-refractivity contribution < 1.29 is 22.6 Å². The first-order valence-electron chi connectivity index (χ1n) is 4.97. The number of methoxy groups -OCH3 is 1. The van der Waals surface area contributed by atoms with E-state index in [1.54, 1.807) is 19.2 Å². The quantitative estimate of drug-likeness (QED) is 0.869. The summed E-state index contributed by atoms with van der Waals surface area (Å²) in [4.78, 5) is 0. The third-order valence-electron chi connectivity index (χ3n) is 2.00. The molecule has 0 aromatic heterocycles. The number of nitrogens with one attached hydrogen (secondary N) is 1. The zero-order valence-electron chi connectivity index (χ0n) is 9.60. The van der Waals surface area contributed by atoms with Crippen LogP contribution < -0.4 is 14.8 Å². The first-order chi connectivity index (χ1) is 7.96. The molecular weight excluding hydrogens is 235 g/mol. The molecule has 3 nitrogen and oxygen atoms in total. The zero-order chi connectivity index (χ0) is 12.9. The Kier molecular flexibility index (Phi) is 4.62. The lowest BCUT2D eigenvalue weighted by Gasteiger charge is -2.13. The summed E-state index contributed by atoms with van der Waals surface area (Å²) in [5, 5.41) is 2.93. The Balaban J connectivity index is 2.78. The van der Waals surface area contributed by atoms with Crippen molar-refractivity contribution in [1.29, 1.82) is 0 Å². The lowest BCUT2D eigenvalue weighted by Crippen LogP contribution is -2.19. The Morgan fingerprint density at radius 3 is 2.47 bits per heavy atom. The summed E-state index contributed by atoms with van der Waals surface area (Å²) in [6.45, 7) is -0.718. The molecule has 0 saturated heterocycles. The van der Waals surface area contributed by atoms with Crippen molar-refractivity contribution >= 4 is 0 Å². The van der Waals surface area contributed by atoms with E-state index in [4.69, 9.17) is 4.74 Å². The number of ether oxygens (including phenoxy) is 2. The van der Waals surface area contributed by atoms with Crippen LogP contribution in [0.15, 0.2) is 18.2 Å². The van der Waals surface area contributed by atoms with E-state index in [-0.39, 0.29) is 5.75 Å². The third-order valence-corrected chi connectivity index (χ3v) is 2.00. The van der Waals surface area contributed by atoms with E-state index in [1.165, 1.54) is 13.2 Å². The highest BCUT2D eigenvalue weighted by atomic mass is 19.4. The van der Waals surface area contributed by atoms with Gasteiger partial charge in [0.05, 0.1) is 7.11 Å². The van der Waals surface area contributed by atoms with Gasteiger partial charge in [-0.2, -0.15) is 13.2 Å². The normalized spacial score (nSPS) is 11.4. The lowest BCUT2D eigenvalue weighted by molar-refractivity contribution is -0.153. The molecule has 0 fully saturated rings. The van der Waals surface area contributed by atoms with Crippen LogP contribution in [0.25, 0.3) is 0 Å². The number of halogens is 3. The van der Waals surface area contributed by atoms with Crippen LogP contribution in [0.5, 0.6) is 11.5 Å². The molecule has 1 N–H and O–H groups in total. The standard InChI is InChI=1S/C11H14F3NO2/c1-15-6-8-3-4-9(10(5-8)16-2)17-7-11(12,13)14/h3-5,15H,6-7H2,1-2H3. The molecule has 0 unspecified atom stereocenters. The van der Waals surface area contributed by atoms with Gasteiger partial charge in [-0.1, -0.05) is 6.07 Å². The highest BCUT2D eigenvalue weighted by molar-refractivity contribution is 5.42. The molecule has 17 heavy (non-hydrogen) atoms. The van der Waals surface area contributed by atoms with Crippen molar-refractivity contribution in [2.45, 2.75) is 12.7 Å². The summed E-state index contributed by atoms with van der Waals surface area (Å²) in [6, 6.07) is 4.80. The van der Waals surface area contributed by atoms with Gasteiger partial charge in [0.15, 0.2) is 18.1 Å². The summed E-state index contributed by atoms with van der Waals surface area (Å²) in [7, 11) is 3.17. The third kappa shape index (κ3) is 4.52. The summed E-state index contributed by atoms with van der Waals surface area (Å²) in [6.07, 6.45) is -4.35. The molecule has 0 atom stereocenters. The zero-order valence-corrected chi connectivity index (χ0v) is 9.60. The minimum absolute atomic E-state index is 0.0877. The van der Waals surface area contributed by atoms with Crippen LogP contribution in [-0.2, 0) is 6.54 Å². The summed E-state index contributed by atoms with van der Waals surface area (Å²) in [5.74, 6) is 0.381. The highest BCUT2D eigenvalue weighted by Crippen LogP contribution is 2.29. The van der Waals surface area contributed by atoms with E-state index >= 15 is 0 Å². The van der Waals surface area contributed by atoms with Crippen LogP contribution in [0.4, 0.5) is 13.2 Å². The maximum absolute atomic E-state index is 12.0. The van der Waals surface area contributed by atoms with E-state index < -0.39 is 12.8 Å². The Hall–Kier alpha value is -1.43. The van der Waals surface area contributed by atoms with Crippen LogP contribution >= 0.6 is 0 Å². The monoisotopic (exact) mass is 249 g/mol. The molecule has 0 amide bonds. The molecule has 0 heterocycles. The molecule has 0 aliphatic heterocycles. The maximum Gasteiger partial charge on any atom is 0.422 e. The molecule has 0 aliphatic rings. The number of hydrogen-bond acceptors (Lipinski definition) is 3. The topological polar surface area (TPSA) is 30.5 Å². The van der Waals surface area contributed by atoms with Gasteiger partial charge in [0.2, 0.25) is 0 Å². The molecule has 0 spiro atoms. The largest absolute Gasteiger partial charge is 0.493 e. The van der Waals surface area contributed by atoms with Crippen LogP contribution in [0.2, 0.25) is 0 Å². The molecule has 0 aliphatic carbocycles. The van der Waals surface area contributed by atoms with Gasteiger partial charge < -0.3 is 14.8 Å². The molecule has 96 valence electrons. The van der Waals surface area contributed by atoms with Crippen LogP contribution in [0.1, 0.15) is 5.56 Å². The fourth-order valence-corrected chi connectivity index (χ4v) is 1.30. The van der Waals surface area contributed by atoms with E-state index in [0.29, 0.717) is 12.3 Å². The fourth-order valence-electron chi connectivity index (χ4n) is 1.30. The Bertz CT molecular complexity index is 366. The van der Waals surface area contributed by atoms with E-state index in [1.807, 2.05) is 0 Å². The smallest absolute Gasteiger partial charge is 0.422 e. The van der Waals surface area contributed by atoms with Crippen molar-refractivity contribution in [3.63, 3.8) is 0 Å². The molecule has 0 bridgehead atoms. The summed E-state index contributed by atoms with van der Waals surface area (Å²) < 4.78 is 45.6. The Labute approximate surface area is 97.5 Å². The molecular formula is C11H14F3NO2. The fraction of sp³-hybridized carbons (Fsp3) is 0.455. The lowest BCUT2D eigenvalue weighted by atomic mass is 10.2. The second-order valence-electron chi connectivity index (χ2n) is 3.42. The molecule has 6 heteroatoms. The highest BCUT2D eigenvalue weighted by Gasteiger charge is 2.28. The number of benzene rings is 1. The van der Waals surface area contributed by atoms with Crippen molar-refractivity contribution in [3.8, 4) is 11.5 Å². The average Bonchev–Trinajstić information content (AvgIpc) is 2.26. The predicted octanol–water partition coefficient (Wildman–Crippen LogP) is 2.36. The van der Waals surface area contributed by atoms with Crippen molar-refractivity contribution in [1.82, 2.24) is 5.32 Å². The average molecular weight is 249 g/mol. The van der Waals surface area contributed by atoms with Crippen molar-refractivity contribution in [3.05, 3.63) is 23.8 Å². The van der Waals surface area contributed by atoms with Gasteiger partial charge in [0.1, 0.15) is 0 Å². The van der Waals surface area contributed by atoms with Crippen molar-refractivity contribution in [2.24, 2.45) is 0 Å². The van der Waals surface area contributed by atoms with Crippen LogP contribution in [-0.4, -0.2) is 26.9 Å². The van der Waals surface area contributed by atoms with Gasteiger partial charge in [-0.25, -0.2) is 0 Å². The first kappa shape index (κ1) is 13.6. The second kappa shape index (κ2) is 5.77. The van der Waals surface area contributed by atoms with Gasteiger partial charge in [-0.15, -0.1) is 0 Å². The molecule has 1 aromatic carbocycles. The number of alkyl halides is 3. The minimum atomic E-state index is -4.35. The van der Waals surface area contributed by atoms with Gasteiger partial charge in [0, 0.05) is 6.54 Å². The van der Waals surface area contributed by atoms with Gasteiger partial charge >= 0.3 is 6.18 Å². The van der Waals surface area contributed by atoms with Gasteiger partial charge in [-0.3, -0.25) is 0 Å². The van der Waals surface area contributed by atoms with Crippen molar-refractivity contribution in [2.75, 3.05) is 20.8 Å². The molecule has 0 radical (unpaired) electrons. The SMILES string of the molecule is CNCc1ccc(OCC(F)(F)F)c(OC)c1. The van der Waals surface area contributed by atoms with E-state index in [2.05, 4.69) is 10.1 Å². The van der Waals surface area contributed by atoms with Crippen LogP contribution in [0.3, 0.4) is 0 Å². The minimum Gasteiger partial charge on any atom is -0.493 e. The van der Waals surface area contributed by atoms with Gasteiger partial charge in [-0.05, 0) is 24.7 Å². The molecule has 0 saturated carbocycles. The Morgan fingerprint density at radius 1 is 1.24 bits per heavy atom. The first-order valence-corrected chi connectivity index (χ1v) is 4.97. The molecule has 1 rings (SSSR count). The van der Waals surface area contributed by atoms with Crippen LogP contribution in [0, 0.1) is 0 Å². The molecule has 1 aromatic rings. The second-order valence-corrected chi connectivity index (χ2v) is 3.42. The van der Waals surface area contributed by atoms with E-state index in [9.17, 15) is 13.2 Å². The maximum atomic E-state index is 12.0.